The van der Waals surface area contributed by atoms with Crippen molar-refractivity contribution < 1.29 is 14.6 Å². The summed E-state index contributed by atoms with van der Waals surface area (Å²) in [7, 11) is 0. The topological polar surface area (TPSA) is 51.5 Å². The number of carbonyl (C=O) groups is 1. The van der Waals surface area contributed by atoms with Gasteiger partial charge in [-0.05, 0) is 93.2 Å². The normalized spacial score (nSPS) is 11.7. The summed E-state index contributed by atoms with van der Waals surface area (Å²) in [5.74, 6) is -0.0614. The van der Waals surface area contributed by atoms with E-state index in [1.807, 2.05) is 42.5 Å². The molecule has 204 valence electrons. The molecule has 0 atom stereocenters. The molecule has 8 heteroatoms. The summed E-state index contributed by atoms with van der Waals surface area (Å²) in [6.07, 6.45) is 2.56. The van der Waals surface area contributed by atoms with Crippen molar-refractivity contribution in [1.82, 2.24) is 4.57 Å². The maximum Gasteiger partial charge on any atom is 0.307 e. The number of hydrogen-bond donors (Lipinski definition) is 1. The molecule has 3 aromatic carbocycles. The van der Waals surface area contributed by atoms with Gasteiger partial charge in [0.15, 0.2) is 0 Å². The van der Waals surface area contributed by atoms with Gasteiger partial charge in [-0.15, -0.1) is 22.7 Å². The Kier molecular flexibility index (Phi) is 7.78. The average molecular weight is 609 g/mol. The van der Waals surface area contributed by atoms with E-state index in [0.717, 1.165) is 67.4 Å². The highest BCUT2D eigenvalue weighted by Gasteiger charge is 2.22. The van der Waals surface area contributed by atoms with E-state index in [9.17, 15) is 9.90 Å². The maximum absolute atomic E-state index is 12.1. The van der Waals surface area contributed by atoms with Crippen LogP contribution >= 0.6 is 45.9 Å². The van der Waals surface area contributed by atoms with Gasteiger partial charge in [-0.1, -0.05) is 36.5 Å². The molecular formula is C32H27Cl2NO3S2. The number of thiophene rings is 2. The van der Waals surface area contributed by atoms with Gasteiger partial charge in [-0.25, -0.2) is 0 Å². The summed E-state index contributed by atoms with van der Waals surface area (Å²) < 4.78 is 10.7. The lowest BCUT2D eigenvalue weighted by Gasteiger charge is -2.13. The summed E-state index contributed by atoms with van der Waals surface area (Å²) in [6.45, 7) is 3.38. The predicted octanol–water partition coefficient (Wildman–Crippen LogP) is 9.82. The molecule has 0 saturated carbocycles. The number of fused-ring (bicyclic) bond motifs is 3. The van der Waals surface area contributed by atoms with Crippen molar-refractivity contribution >= 4 is 82.9 Å². The summed E-state index contributed by atoms with van der Waals surface area (Å²) >= 11 is 16.1. The number of aromatic nitrogens is 1. The number of carboxylic acids is 1. The van der Waals surface area contributed by atoms with Crippen molar-refractivity contribution in [2.24, 2.45) is 0 Å². The molecule has 0 saturated heterocycles. The van der Waals surface area contributed by atoms with Gasteiger partial charge < -0.3 is 14.4 Å². The highest BCUT2D eigenvalue weighted by atomic mass is 35.5. The Labute approximate surface area is 250 Å². The van der Waals surface area contributed by atoms with E-state index in [4.69, 9.17) is 27.9 Å². The number of aliphatic carboxylic acids is 1. The summed E-state index contributed by atoms with van der Waals surface area (Å²) in [6, 6.07) is 18.0. The molecule has 0 amide bonds. The predicted molar refractivity (Wildman–Crippen MR) is 169 cm³/mol. The minimum absolute atomic E-state index is 0.0616. The van der Waals surface area contributed by atoms with Crippen molar-refractivity contribution in [2.75, 3.05) is 6.61 Å². The number of unbranched alkanes of at least 4 members (excludes halogenated alkanes) is 1. The summed E-state index contributed by atoms with van der Waals surface area (Å²) in [5.41, 5.74) is 5.08. The molecule has 6 rings (SSSR count). The fraction of sp³-hybridized carbons (Fsp3) is 0.219. The zero-order valence-corrected chi connectivity index (χ0v) is 25.0. The second-order valence-electron chi connectivity index (χ2n) is 9.94. The quantitative estimate of drug-likeness (QED) is 0.158. The van der Waals surface area contributed by atoms with Gasteiger partial charge in [0.2, 0.25) is 0 Å². The number of benzene rings is 3. The van der Waals surface area contributed by atoms with Crippen molar-refractivity contribution in [2.45, 2.75) is 39.2 Å². The zero-order chi connectivity index (χ0) is 27.8. The zero-order valence-electron chi connectivity index (χ0n) is 21.9. The lowest BCUT2D eigenvalue weighted by molar-refractivity contribution is -0.136. The number of carboxylic acid groups (broad SMARTS) is 1. The number of rotatable bonds is 10. The van der Waals surface area contributed by atoms with Crippen LogP contribution in [0.25, 0.3) is 31.1 Å². The molecule has 0 radical (unpaired) electrons. The standard InChI is InChI=1S/C32H27Cl2NO3S2/c1-2-3-10-38-23-6-7-24-27(15-32(36)37)28(11-19-17-39-30-8-4-21(33)12-25(19)30)35(29(24)14-23)16-20-18-40-31-9-5-22(34)13-26(20)31/h4-9,12-14,17-18H,2-3,10-11,15-16H2,1H3,(H,36,37). The molecule has 3 aromatic heterocycles. The highest BCUT2D eigenvalue weighted by molar-refractivity contribution is 7.17. The molecule has 0 bridgehead atoms. The number of halogens is 2. The summed E-state index contributed by atoms with van der Waals surface area (Å²) in [5, 5.41) is 18.8. The van der Waals surface area contributed by atoms with Crippen LogP contribution in [0.1, 0.15) is 42.1 Å². The van der Waals surface area contributed by atoms with Gasteiger partial charge in [0.05, 0.1) is 18.5 Å². The van der Waals surface area contributed by atoms with E-state index in [1.165, 1.54) is 4.70 Å². The molecule has 0 unspecified atom stereocenters. The Balaban J connectivity index is 1.55. The lowest BCUT2D eigenvalue weighted by atomic mass is 10.0. The first kappa shape index (κ1) is 27.2. The van der Waals surface area contributed by atoms with Crippen LogP contribution in [-0.2, 0) is 24.2 Å². The number of nitrogens with zero attached hydrogens (tertiary/aromatic N) is 1. The van der Waals surface area contributed by atoms with Crippen LogP contribution in [0, 0.1) is 0 Å². The lowest BCUT2D eigenvalue weighted by Crippen LogP contribution is -2.09. The molecule has 0 aliphatic rings. The first-order valence-electron chi connectivity index (χ1n) is 13.2. The monoisotopic (exact) mass is 607 g/mol. The molecule has 1 N–H and O–H groups in total. The molecule has 6 aromatic rings. The molecule has 40 heavy (non-hydrogen) atoms. The van der Waals surface area contributed by atoms with Crippen molar-refractivity contribution in [3.05, 3.63) is 97.8 Å². The van der Waals surface area contributed by atoms with Crippen molar-refractivity contribution in [3.8, 4) is 5.75 Å². The van der Waals surface area contributed by atoms with E-state index in [1.54, 1.807) is 22.7 Å². The minimum atomic E-state index is -0.852. The van der Waals surface area contributed by atoms with Crippen molar-refractivity contribution in [1.29, 1.82) is 0 Å². The number of ether oxygens (including phenoxy) is 1. The van der Waals surface area contributed by atoms with Crippen LogP contribution in [0.2, 0.25) is 10.0 Å². The third kappa shape index (κ3) is 5.34. The van der Waals surface area contributed by atoms with Crippen molar-refractivity contribution in [3.63, 3.8) is 0 Å². The van der Waals surface area contributed by atoms with Gasteiger partial charge in [0.25, 0.3) is 0 Å². The van der Waals surface area contributed by atoms with E-state index >= 15 is 0 Å². The molecular weight excluding hydrogens is 581 g/mol. The van der Waals surface area contributed by atoms with Crippen LogP contribution < -0.4 is 4.74 Å². The van der Waals surface area contributed by atoms with E-state index in [0.29, 0.717) is 29.6 Å². The number of hydrogen-bond acceptors (Lipinski definition) is 4. The Bertz CT molecular complexity index is 1870. The minimum Gasteiger partial charge on any atom is -0.494 e. The van der Waals surface area contributed by atoms with E-state index in [2.05, 4.69) is 34.4 Å². The first-order chi connectivity index (χ1) is 19.4. The molecule has 3 heterocycles. The third-order valence-electron chi connectivity index (χ3n) is 7.27. The summed E-state index contributed by atoms with van der Waals surface area (Å²) in [4.78, 5) is 12.1. The SMILES string of the molecule is CCCCOc1ccc2c(CC(=O)O)c(Cc3csc4ccc(Cl)cc34)n(Cc3csc4ccc(Cl)cc34)c2c1. The second-order valence-corrected chi connectivity index (χ2v) is 12.6. The second kappa shape index (κ2) is 11.5. The van der Waals surface area contributed by atoms with Gasteiger partial charge >= 0.3 is 5.97 Å². The largest absolute Gasteiger partial charge is 0.494 e. The van der Waals surface area contributed by atoms with Crippen LogP contribution in [0.3, 0.4) is 0 Å². The molecule has 0 fully saturated rings. The smallest absolute Gasteiger partial charge is 0.307 e. The van der Waals surface area contributed by atoms with Gasteiger partial charge in [0, 0.05) is 49.6 Å². The van der Waals surface area contributed by atoms with Gasteiger partial charge in [-0.2, -0.15) is 0 Å². The molecule has 0 aliphatic carbocycles. The fourth-order valence-electron chi connectivity index (χ4n) is 5.33. The van der Waals surface area contributed by atoms with Gasteiger partial charge in [-0.3, -0.25) is 4.79 Å². The molecule has 0 aliphatic heterocycles. The van der Waals surface area contributed by atoms with Crippen LogP contribution in [0.5, 0.6) is 5.75 Å². The first-order valence-corrected chi connectivity index (χ1v) is 15.7. The Morgan fingerprint density at radius 3 is 2.25 bits per heavy atom. The molecule has 0 spiro atoms. The average Bonchev–Trinajstić information content (AvgIpc) is 3.59. The maximum atomic E-state index is 12.1. The molecule has 4 nitrogen and oxygen atoms in total. The van der Waals surface area contributed by atoms with Crippen LogP contribution in [-0.4, -0.2) is 22.2 Å². The highest BCUT2D eigenvalue weighted by Crippen LogP contribution is 2.37. The van der Waals surface area contributed by atoms with Gasteiger partial charge in [0.1, 0.15) is 5.75 Å². The van der Waals surface area contributed by atoms with Crippen LogP contribution in [0.15, 0.2) is 65.4 Å². The third-order valence-corrected chi connectivity index (χ3v) is 9.77. The fourth-order valence-corrected chi connectivity index (χ4v) is 7.55. The van der Waals surface area contributed by atoms with E-state index < -0.39 is 5.97 Å². The Hall–Kier alpha value is -3.03. The Morgan fingerprint density at radius 1 is 0.900 bits per heavy atom. The van der Waals surface area contributed by atoms with Crippen LogP contribution in [0.4, 0.5) is 0 Å². The Morgan fingerprint density at radius 2 is 1.57 bits per heavy atom. The van der Waals surface area contributed by atoms with E-state index in [-0.39, 0.29) is 6.42 Å².